The third-order valence-corrected chi connectivity index (χ3v) is 4.06. The van der Waals surface area contributed by atoms with Crippen molar-refractivity contribution in [2.45, 2.75) is 32.7 Å². The van der Waals surface area contributed by atoms with E-state index >= 15 is 0 Å². The standard InChI is InChI=1S/C19H22N2O3/c1-2-20-17-10-6-7-11-18(17)21(19(20)23)12-16(22)14-24-13-15-8-4-3-5-9-15/h3-11,16,22H,2,12-14H2,1H3. The van der Waals surface area contributed by atoms with E-state index in [1.54, 1.807) is 9.13 Å². The van der Waals surface area contributed by atoms with E-state index in [-0.39, 0.29) is 18.8 Å². The molecule has 1 unspecified atom stereocenters. The molecule has 3 rings (SSSR count). The first kappa shape index (κ1) is 16.5. The van der Waals surface area contributed by atoms with Crippen LogP contribution in [0.1, 0.15) is 12.5 Å². The molecule has 0 aliphatic heterocycles. The van der Waals surface area contributed by atoms with E-state index in [2.05, 4.69) is 0 Å². The number of imidazole rings is 1. The molecule has 0 saturated heterocycles. The van der Waals surface area contributed by atoms with E-state index in [9.17, 15) is 9.90 Å². The van der Waals surface area contributed by atoms with Gasteiger partial charge in [0.25, 0.3) is 0 Å². The summed E-state index contributed by atoms with van der Waals surface area (Å²) in [5.41, 5.74) is 2.69. The van der Waals surface area contributed by atoms with Gasteiger partial charge in [0, 0.05) is 6.54 Å². The van der Waals surface area contributed by atoms with Crippen LogP contribution < -0.4 is 5.69 Å². The summed E-state index contributed by atoms with van der Waals surface area (Å²) >= 11 is 0. The van der Waals surface area contributed by atoms with Gasteiger partial charge >= 0.3 is 5.69 Å². The Morgan fingerprint density at radius 3 is 2.29 bits per heavy atom. The van der Waals surface area contributed by atoms with Gasteiger partial charge in [-0.25, -0.2) is 4.79 Å². The van der Waals surface area contributed by atoms with Gasteiger partial charge in [-0.15, -0.1) is 0 Å². The quantitative estimate of drug-likeness (QED) is 0.725. The first-order valence-corrected chi connectivity index (χ1v) is 8.18. The second kappa shape index (κ2) is 7.47. The molecule has 0 aliphatic carbocycles. The normalized spacial score (nSPS) is 12.6. The third kappa shape index (κ3) is 3.42. The second-order valence-electron chi connectivity index (χ2n) is 5.78. The number of ether oxygens (including phenoxy) is 1. The predicted octanol–water partition coefficient (Wildman–Crippen LogP) is 2.40. The van der Waals surface area contributed by atoms with Crippen molar-refractivity contribution in [2.24, 2.45) is 0 Å². The van der Waals surface area contributed by atoms with E-state index in [0.717, 1.165) is 16.6 Å². The number of benzene rings is 2. The number of aliphatic hydroxyl groups is 1. The summed E-state index contributed by atoms with van der Waals surface area (Å²) in [6.07, 6.45) is -0.734. The lowest BCUT2D eigenvalue weighted by Gasteiger charge is -2.12. The van der Waals surface area contributed by atoms with Gasteiger partial charge in [0.05, 0.1) is 36.9 Å². The number of fused-ring (bicyclic) bond motifs is 1. The zero-order valence-electron chi connectivity index (χ0n) is 13.8. The average Bonchev–Trinajstić information content (AvgIpc) is 2.87. The fraction of sp³-hybridized carbons (Fsp3) is 0.316. The number of aromatic nitrogens is 2. The van der Waals surface area contributed by atoms with Gasteiger partial charge in [-0.2, -0.15) is 0 Å². The number of aryl methyl sites for hydroxylation is 1. The lowest BCUT2D eigenvalue weighted by molar-refractivity contribution is 0.0204. The van der Waals surface area contributed by atoms with Crippen molar-refractivity contribution in [1.29, 1.82) is 0 Å². The number of aliphatic hydroxyl groups excluding tert-OH is 1. The third-order valence-electron chi connectivity index (χ3n) is 4.06. The summed E-state index contributed by atoms with van der Waals surface area (Å²) in [7, 11) is 0. The van der Waals surface area contributed by atoms with Gasteiger partial charge in [0.2, 0.25) is 0 Å². The first-order chi connectivity index (χ1) is 11.7. The second-order valence-corrected chi connectivity index (χ2v) is 5.78. The minimum absolute atomic E-state index is 0.0965. The Morgan fingerprint density at radius 1 is 1.00 bits per heavy atom. The molecule has 1 atom stereocenters. The van der Waals surface area contributed by atoms with Gasteiger partial charge in [-0.1, -0.05) is 42.5 Å². The Balaban J connectivity index is 1.68. The van der Waals surface area contributed by atoms with Gasteiger partial charge in [0.15, 0.2) is 0 Å². The van der Waals surface area contributed by atoms with Crippen LogP contribution in [0.5, 0.6) is 0 Å². The smallest absolute Gasteiger partial charge is 0.329 e. The van der Waals surface area contributed by atoms with Crippen molar-refractivity contribution in [1.82, 2.24) is 9.13 Å². The molecule has 0 aliphatic rings. The largest absolute Gasteiger partial charge is 0.389 e. The van der Waals surface area contributed by atoms with Crippen molar-refractivity contribution in [3.8, 4) is 0 Å². The number of hydrogen-bond donors (Lipinski definition) is 1. The molecule has 5 nitrogen and oxygen atoms in total. The number of rotatable bonds is 7. The van der Waals surface area contributed by atoms with E-state index in [0.29, 0.717) is 13.2 Å². The lowest BCUT2D eigenvalue weighted by Crippen LogP contribution is -2.30. The fourth-order valence-electron chi connectivity index (χ4n) is 2.90. The first-order valence-electron chi connectivity index (χ1n) is 8.18. The van der Waals surface area contributed by atoms with Crippen molar-refractivity contribution in [2.75, 3.05) is 6.61 Å². The maximum absolute atomic E-state index is 12.5. The van der Waals surface area contributed by atoms with Crippen LogP contribution in [0.2, 0.25) is 0 Å². The van der Waals surface area contributed by atoms with Gasteiger partial charge < -0.3 is 9.84 Å². The molecule has 0 saturated carbocycles. The van der Waals surface area contributed by atoms with Crippen LogP contribution in [-0.2, 0) is 24.4 Å². The zero-order chi connectivity index (χ0) is 16.9. The van der Waals surface area contributed by atoms with Crippen LogP contribution in [-0.4, -0.2) is 27.0 Å². The van der Waals surface area contributed by atoms with Crippen LogP contribution >= 0.6 is 0 Å². The minimum atomic E-state index is -0.734. The Hall–Kier alpha value is -2.37. The molecular formula is C19H22N2O3. The highest BCUT2D eigenvalue weighted by molar-refractivity contribution is 5.75. The molecule has 1 N–H and O–H groups in total. The summed E-state index contributed by atoms with van der Waals surface area (Å²) in [6.45, 7) is 3.40. The van der Waals surface area contributed by atoms with Crippen molar-refractivity contribution >= 4 is 11.0 Å². The highest BCUT2D eigenvalue weighted by Crippen LogP contribution is 2.13. The molecule has 1 heterocycles. The molecule has 0 radical (unpaired) electrons. The molecule has 0 fully saturated rings. The summed E-state index contributed by atoms with van der Waals surface area (Å²) < 4.78 is 8.90. The topological polar surface area (TPSA) is 56.4 Å². The van der Waals surface area contributed by atoms with E-state index in [1.165, 1.54) is 0 Å². The minimum Gasteiger partial charge on any atom is -0.389 e. The van der Waals surface area contributed by atoms with E-state index in [4.69, 9.17) is 4.74 Å². The predicted molar refractivity (Wildman–Crippen MR) is 94.0 cm³/mol. The average molecular weight is 326 g/mol. The molecule has 5 heteroatoms. The van der Waals surface area contributed by atoms with E-state index in [1.807, 2.05) is 61.5 Å². The summed E-state index contributed by atoms with van der Waals surface area (Å²) in [6, 6.07) is 17.5. The van der Waals surface area contributed by atoms with Crippen molar-refractivity contribution < 1.29 is 9.84 Å². The zero-order valence-corrected chi connectivity index (χ0v) is 13.8. The number of nitrogens with zero attached hydrogens (tertiary/aromatic N) is 2. The lowest BCUT2D eigenvalue weighted by atomic mass is 10.2. The van der Waals surface area contributed by atoms with Gasteiger partial charge in [-0.05, 0) is 24.6 Å². The SMILES string of the molecule is CCn1c(=O)n(CC(O)COCc2ccccc2)c2ccccc21. The number of hydrogen-bond acceptors (Lipinski definition) is 3. The maximum Gasteiger partial charge on any atom is 0.329 e. The Kier molecular flexibility index (Phi) is 5.13. The fourth-order valence-corrected chi connectivity index (χ4v) is 2.90. The summed E-state index contributed by atoms with van der Waals surface area (Å²) in [4.78, 5) is 12.5. The molecular weight excluding hydrogens is 304 g/mol. The van der Waals surface area contributed by atoms with E-state index < -0.39 is 6.10 Å². The van der Waals surface area contributed by atoms with Crippen molar-refractivity contribution in [3.63, 3.8) is 0 Å². The van der Waals surface area contributed by atoms with Crippen LogP contribution in [0.25, 0.3) is 11.0 Å². The van der Waals surface area contributed by atoms with Crippen LogP contribution in [0.15, 0.2) is 59.4 Å². The summed E-state index contributed by atoms with van der Waals surface area (Å²) in [5.74, 6) is 0. The highest BCUT2D eigenvalue weighted by Gasteiger charge is 2.15. The van der Waals surface area contributed by atoms with Crippen molar-refractivity contribution in [3.05, 3.63) is 70.6 Å². The molecule has 2 aromatic carbocycles. The Bertz CT molecular complexity index is 852. The molecule has 1 aromatic heterocycles. The molecule has 0 bridgehead atoms. The maximum atomic E-state index is 12.5. The Labute approximate surface area is 140 Å². The molecule has 0 spiro atoms. The molecule has 126 valence electrons. The Morgan fingerprint density at radius 2 is 1.62 bits per heavy atom. The monoisotopic (exact) mass is 326 g/mol. The van der Waals surface area contributed by atoms with Crippen LogP contribution in [0, 0.1) is 0 Å². The molecule has 0 amide bonds. The van der Waals surface area contributed by atoms with Crippen LogP contribution in [0.3, 0.4) is 0 Å². The molecule has 3 aromatic rings. The van der Waals surface area contributed by atoms with Gasteiger partial charge in [-0.3, -0.25) is 9.13 Å². The highest BCUT2D eigenvalue weighted by atomic mass is 16.5. The van der Waals surface area contributed by atoms with Crippen LogP contribution in [0.4, 0.5) is 0 Å². The van der Waals surface area contributed by atoms with Gasteiger partial charge in [0.1, 0.15) is 0 Å². The molecule has 24 heavy (non-hydrogen) atoms. The number of para-hydroxylation sites is 2. The summed E-state index contributed by atoms with van der Waals surface area (Å²) in [5, 5.41) is 10.3.